The Morgan fingerprint density at radius 1 is 1.30 bits per heavy atom. The molecule has 0 heterocycles. The van der Waals surface area contributed by atoms with Crippen LogP contribution in [-0.4, -0.2) is 0 Å². The summed E-state index contributed by atoms with van der Waals surface area (Å²) in [6.45, 7) is 10.6. The van der Waals surface area contributed by atoms with Crippen molar-refractivity contribution >= 4 is 0 Å². The molecule has 0 spiro atoms. The molecule has 0 rings (SSSR count). The Morgan fingerprint density at radius 2 is 1.40 bits per heavy atom. The maximum absolute atomic E-state index is 2.22. The molecule has 0 N–H and O–H groups in total. The molecule has 0 aromatic carbocycles. The van der Waals surface area contributed by atoms with Gasteiger partial charge in [0.1, 0.15) is 0 Å². The molecule has 0 aromatic heterocycles. The van der Waals surface area contributed by atoms with E-state index in [1.807, 2.05) is 20.3 Å². The maximum atomic E-state index is 2.22. The third-order valence-corrected chi connectivity index (χ3v) is 0.816. The smallest absolute Gasteiger partial charge is 0 e. The predicted molar refractivity (Wildman–Crippen MR) is 49.3 cm³/mol. The molecule has 0 fully saturated rings. The van der Waals surface area contributed by atoms with Crippen LogP contribution in [0.15, 0.2) is 0 Å². The second-order valence-electron chi connectivity index (χ2n) is 2.38. The number of rotatable bonds is 1. The van der Waals surface area contributed by atoms with Crippen molar-refractivity contribution in [3.8, 4) is 0 Å². The van der Waals surface area contributed by atoms with E-state index in [0.717, 1.165) is 5.92 Å². The Balaban J connectivity index is -0.0000000183. The van der Waals surface area contributed by atoms with Crippen LogP contribution < -0.4 is 0 Å². The van der Waals surface area contributed by atoms with Crippen molar-refractivity contribution in [1.29, 1.82) is 0 Å². The molecule has 0 saturated carbocycles. The van der Waals surface area contributed by atoms with Gasteiger partial charge < -0.3 is 13.8 Å². The second kappa shape index (κ2) is 22.5. The van der Waals surface area contributed by atoms with Gasteiger partial charge in [0.2, 0.25) is 0 Å². The summed E-state index contributed by atoms with van der Waals surface area (Å²) < 4.78 is 0. The van der Waals surface area contributed by atoms with Gasteiger partial charge in [-0.15, -0.1) is 0 Å². The van der Waals surface area contributed by atoms with Crippen molar-refractivity contribution < 1.29 is 34.1 Å². The molecular formula is C9H24Y-2. The molecule has 0 atom stereocenters. The van der Waals surface area contributed by atoms with Gasteiger partial charge in [0.05, 0.1) is 0 Å². The SMILES string of the molecule is CCC(C)C.C[CH-]C.[2HH].[CH3-].[Y]. The molecule has 1 heteroatoms. The molecule has 65 valence electrons. The van der Waals surface area contributed by atoms with E-state index in [0.29, 0.717) is 0 Å². The van der Waals surface area contributed by atoms with Gasteiger partial charge in [0.15, 0.2) is 0 Å². The molecule has 0 aliphatic heterocycles. The van der Waals surface area contributed by atoms with Crippen LogP contribution in [0, 0.1) is 19.8 Å². The van der Waals surface area contributed by atoms with Crippen LogP contribution in [0.4, 0.5) is 0 Å². The summed E-state index contributed by atoms with van der Waals surface area (Å²) in [4.78, 5) is 0. The van der Waals surface area contributed by atoms with E-state index in [4.69, 9.17) is 0 Å². The Labute approximate surface area is 94.5 Å². The normalized spacial score (nSPS) is 6.60. The number of hydrogen-bond acceptors (Lipinski definition) is 0. The quantitative estimate of drug-likeness (QED) is 0.589. The summed E-state index contributed by atoms with van der Waals surface area (Å²) in [6, 6.07) is 0. The van der Waals surface area contributed by atoms with E-state index in [1.165, 1.54) is 6.42 Å². The van der Waals surface area contributed by atoms with E-state index in [9.17, 15) is 0 Å². The summed E-state index contributed by atoms with van der Waals surface area (Å²) in [5, 5.41) is 0. The van der Waals surface area contributed by atoms with Gasteiger partial charge in [0.25, 0.3) is 0 Å². The van der Waals surface area contributed by atoms with Gasteiger partial charge in [-0.1, -0.05) is 27.2 Å². The Kier molecular flexibility index (Phi) is 50.5. The van der Waals surface area contributed by atoms with Crippen LogP contribution in [0.3, 0.4) is 0 Å². The van der Waals surface area contributed by atoms with Crippen LogP contribution in [-0.2, 0) is 32.7 Å². The summed E-state index contributed by atoms with van der Waals surface area (Å²) in [6.07, 6.45) is 3.31. The van der Waals surface area contributed by atoms with Gasteiger partial charge >= 0.3 is 0 Å². The summed E-state index contributed by atoms with van der Waals surface area (Å²) in [7, 11) is 0. The third kappa shape index (κ3) is 62.1. The van der Waals surface area contributed by atoms with Crippen molar-refractivity contribution in [2.24, 2.45) is 5.92 Å². The molecule has 0 aromatic rings. The molecular weight excluding hydrogens is 197 g/mol. The molecule has 0 saturated heterocycles. The molecule has 1 radical (unpaired) electrons. The fourth-order valence-electron chi connectivity index (χ4n) is 0. The zero-order chi connectivity index (χ0) is 6.99. The van der Waals surface area contributed by atoms with Crippen LogP contribution in [0.1, 0.15) is 42.5 Å². The molecule has 0 aliphatic carbocycles. The van der Waals surface area contributed by atoms with Crippen LogP contribution >= 0.6 is 0 Å². The molecule has 0 amide bonds. The predicted octanol–water partition coefficient (Wildman–Crippen LogP) is 3.98. The first-order chi connectivity index (χ1) is 3.68. The van der Waals surface area contributed by atoms with E-state index in [1.54, 1.807) is 0 Å². The monoisotopic (exact) mass is 222 g/mol. The molecule has 0 nitrogen and oxygen atoms in total. The summed E-state index contributed by atoms with van der Waals surface area (Å²) >= 11 is 0. The first-order valence-corrected chi connectivity index (χ1v) is 3.42. The fraction of sp³-hybridized carbons (Fsp3) is 0.778. The van der Waals surface area contributed by atoms with Crippen molar-refractivity contribution in [3.05, 3.63) is 13.8 Å². The zero-order valence-corrected chi connectivity index (χ0v) is 11.3. The molecule has 0 unspecified atom stereocenters. The zero-order valence-electron chi connectivity index (χ0n) is 8.44. The Hall–Kier alpha value is 1.10. The largest absolute Gasteiger partial charge is 0.358 e. The van der Waals surface area contributed by atoms with Gasteiger partial charge in [-0.25, -0.2) is 0 Å². The minimum absolute atomic E-state index is 0. The topological polar surface area (TPSA) is 0 Å². The molecule has 0 bridgehead atoms. The van der Waals surface area contributed by atoms with Crippen molar-refractivity contribution in [2.45, 2.75) is 41.0 Å². The van der Waals surface area contributed by atoms with E-state index < -0.39 is 0 Å². The number of hydrogen-bond donors (Lipinski definition) is 0. The Bertz CT molecular complexity index is 30.7. The minimum atomic E-state index is 0. The van der Waals surface area contributed by atoms with Crippen molar-refractivity contribution in [2.75, 3.05) is 0 Å². The minimum Gasteiger partial charge on any atom is -0.358 e. The van der Waals surface area contributed by atoms with Gasteiger partial charge in [0, 0.05) is 34.1 Å². The van der Waals surface area contributed by atoms with Gasteiger partial charge in [-0.3, -0.25) is 0 Å². The van der Waals surface area contributed by atoms with E-state index >= 15 is 0 Å². The third-order valence-electron chi connectivity index (χ3n) is 0.816. The van der Waals surface area contributed by atoms with Crippen molar-refractivity contribution in [3.63, 3.8) is 0 Å². The molecule has 0 aliphatic rings. The summed E-state index contributed by atoms with van der Waals surface area (Å²) in [5.41, 5.74) is 0. The second-order valence-corrected chi connectivity index (χ2v) is 2.38. The van der Waals surface area contributed by atoms with Crippen LogP contribution in [0.25, 0.3) is 0 Å². The van der Waals surface area contributed by atoms with Crippen molar-refractivity contribution in [1.82, 2.24) is 0 Å². The first kappa shape index (κ1) is 22.5. The fourth-order valence-corrected chi connectivity index (χ4v) is 0. The van der Waals surface area contributed by atoms with Gasteiger partial charge in [-0.2, -0.15) is 13.8 Å². The summed E-state index contributed by atoms with van der Waals surface area (Å²) in [5.74, 6) is 0.884. The van der Waals surface area contributed by atoms with E-state index in [2.05, 4.69) is 20.8 Å². The Morgan fingerprint density at radius 3 is 1.40 bits per heavy atom. The molecule has 10 heavy (non-hydrogen) atoms. The van der Waals surface area contributed by atoms with Crippen LogP contribution in [0.2, 0.25) is 0 Å². The first-order valence-electron chi connectivity index (χ1n) is 3.42. The maximum Gasteiger partial charge on any atom is 0 e. The van der Waals surface area contributed by atoms with Crippen LogP contribution in [0.5, 0.6) is 0 Å². The van der Waals surface area contributed by atoms with E-state index in [-0.39, 0.29) is 41.6 Å². The average Bonchev–Trinajstić information content (AvgIpc) is 1.69. The average molecular weight is 222 g/mol. The van der Waals surface area contributed by atoms with Gasteiger partial charge in [-0.05, 0) is 5.92 Å². The standard InChI is InChI=1S/C5H12.C3H7.CH3.Y.H2/c1-4-5(2)3;1-3-2;;;/h5H,4H2,1-3H3;3H,1-2H3;1H3;;1H/q;2*-1;;/i;;;;1+1.